The highest BCUT2D eigenvalue weighted by molar-refractivity contribution is 6.18. The Hall–Kier alpha value is 0.250. The van der Waals surface area contributed by atoms with Gasteiger partial charge in [-0.15, -0.1) is 11.6 Å². The van der Waals surface area contributed by atoms with Crippen molar-refractivity contribution in [2.45, 2.75) is 82.8 Å². The molecule has 0 radical (unpaired) electrons. The molecule has 0 N–H and O–H groups in total. The van der Waals surface area contributed by atoms with E-state index in [0.717, 1.165) is 11.8 Å². The van der Waals surface area contributed by atoms with E-state index >= 15 is 0 Å². The van der Waals surface area contributed by atoms with E-state index in [0.29, 0.717) is 11.5 Å². The minimum atomic E-state index is 0.277. The zero-order valence-electron chi connectivity index (χ0n) is 11.7. The van der Waals surface area contributed by atoms with Crippen LogP contribution in [0.15, 0.2) is 0 Å². The van der Waals surface area contributed by atoms with Crippen LogP contribution in [0.2, 0.25) is 0 Å². The lowest BCUT2D eigenvalue weighted by Crippen LogP contribution is -2.34. The van der Waals surface area contributed by atoms with Crippen molar-refractivity contribution in [3.8, 4) is 0 Å². The highest BCUT2D eigenvalue weighted by atomic mass is 35.5. The normalized spacial score (nSPS) is 34.7. The molecule has 2 saturated carbocycles. The molecular weight excluding hydrogens is 244 g/mol. The van der Waals surface area contributed by atoms with Crippen LogP contribution in [-0.2, 0) is 4.74 Å². The van der Waals surface area contributed by atoms with Gasteiger partial charge in [-0.1, -0.05) is 26.2 Å². The number of alkyl halides is 1. The molecule has 3 aliphatic rings. The third-order valence-electron chi connectivity index (χ3n) is 5.67. The second-order valence-corrected chi connectivity index (χ2v) is 7.56. The molecule has 1 spiro atoms. The standard InChI is InChI=1S/C16H27ClO/c1-15(12-17,13-5-6-13)11-14-7-10-16(18-14)8-3-2-4-9-16/h13-14H,2-12H2,1H3. The highest BCUT2D eigenvalue weighted by Gasteiger charge is 2.46. The summed E-state index contributed by atoms with van der Waals surface area (Å²) in [5.41, 5.74) is 0.617. The monoisotopic (exact) mass is 270 g/mol. The van der Waals surface area contributed by atoms with E-state index in [4.69, 9.17) is 16.3 Å². The van der Waals surface area contributed by atoms with Gasteiger partial charge >= 0.3 is 0 Å². The summed E-state index contributed by atoms with van der Waals surface area (Å²) in [6.07, 6.45) is 13.8. The summed E-state index contributed by atoms with van der Waals surface area (Å²) < 4.78 is 6.51. The first kappa shape index (κ1) is 13.2. The second kappa shape index (κ2) is 4.98. The third kappa shape index (κ3) is 2.58. The van der Waals surface area contributed by atoms with Gasteiger partial charge in [0.15, 0.2) is 0 Å². The Kier molecular flexibility index (Phi) is 3.66. The summed E-state index contributed by atoms with van der Waals surface area (Å²) in [6, 6.07) is 0. The molecule has 2 atom stereocenters. The highest BCUT2D eigenvalue weighted by Crippen LogP contribution is 2.52. The summed E-state index contributed by atoms with van der Waals surface area (Å²) in [7, 11) is 0. The van der Waals surface area contributed by atoms with E-state index in [1.807, 2.05) is 0 Å². The average Bonchev–Trinajstić information content (AvgIpc) is 3.17. The summed E-state index contributed by atoms with van der Waals surface area (Å²) in [6.45, 7) is 2.38. The van der Waals surface area contributed by atoms with Crippen LogP contribution in [0.1, 0.15) is 71.1 Å². The first-order chi connectivity index (χ1) is 8.66. The lowest BCUT2D eigenvalue weighted by Gasteiger charge is -2.35. The van der Waals surface area contributed by atoms with Gasteiger partial charge in [0.05, 0.1) is 11.7 Å². The maximum absolute atomic E-state index is 6.51. The smallest absolute Gasteiger partial charge is 0.0687 e. The Morgan fingerprint density at radius 1 is 1.11 bits per heavy atom. The number of halogens is 1. The first-order valence-electron chi connectivity index (χ1n) is 7.90. The van der Waals surface area contributed by atoms with Gasteiger partial charge in [0.1, 0.15) is 0 Å². The summed E-state index contributed by atoms with van der Waals surface area (Å²) in [4.78, 5) is 0. The largest absolute Gasteiger partial charge is 0.372 e. The van der Waals surface area contributed by atoms with Crippen LogP contribution >= 0.6 is 11.6 Å². The van der Waals surface area contributed by atoms with Crippen LogP contribution in [0.25, 0.3) is 0 Å². The molecule has 1 nitrogen and oxygen atoms in total. The predicted molar refractivity (Wildman–Crippen MR) is 76.1 cm³/mol. The topological polar surface area (TPSA) is 9.23 Å². The SMILES string of the molecule is CC(CCl)(CC1CCC2(CCCCC2)O1)C1CC1. The van der Waals surface area contributed by atoms with E-state index in [1.54, 1.807) is 0 Å². The second-order valence-electron chi connectivity index (χ2n) is 7.29. The van der Waals surface area contributed by atoms with Crippen molar-refractivity contribution in [2.75, 3.05) is 5.88 Å². The van der Waals surface area contributed by atoms with Crippen LogP contribution in [0.3, 0.4) is 0 Å². The Labute approximate surface area is 117 Å². The first-order valence-corrected chi connectivity index (χ1v) is 8.43. The maximum atomic E-state index is 6.51. The quantitative estimate of drug-likeness (QED) is 0.659. The van der Waals surface area contributed by atoms with Gasteiger partial charge in [0, 0.05) is 5.88 Å². The molecule has 1 saturated heterocycles. The number of hydrogen-bond acceptors (Lipinski definition) is 1. The Bertz CT molecular complexity index is 293. The molecule has 104 valence electrons. The molecule has 3 fully saturated rings. The molecule has 2 unspecified atom stereocenters. The zero-order chi connectivity index (χ0) is 12.6. The minimum absolute atomic E-state index is 0.277. The summed E-state index contributed by atoms with van der Waals surface area (Å²) >= 11 is 6.24. The van der Waals surface area contributed by atoms with Crippen LogP contribution in [0.5, 0.6) is 0 Å². The van der Waals surface area contributed by atoms with E-state index < -0.39 is 0 Å². The van der Waals surface area contributed by atoms with Crippen molar-refractivity contribution < 1.29 is 4.74 Å². The van der Waals surface area contributed by atoms with Gasteiger partial charge in [0.25, 0.3) is 0 Å². The van der Waals surface area contributed by atoms with Crippen LogP contribution < -0.4 is 0 Å². The number of hydrogen-bond donors (Lipinski definition) is 0. The fourth-order valence-electron chi connectivity index (χ4n) is 4.23. The fraction of sp³-hybridized carbons (Fsp3) is 1.00. The Morgan fingerprint density at radius 2 is 1.83 bits per heavy atom. The van der Waals surface area contributed by atoms with Crippen molar-refractivity contribution in [1.29, 1.82) is 0 Å². The van der Waals surface area contributed by atoms with Crippen LogP contribution in [0, 0.1) is 11.3 Å². The van der Waals surface area contributed by atoms with E-state index in [9.17, 15) is 0 Å². The molecule has 0 aromatic heterocycles. The molecule has 1 heterocycles. The minimum Gasteiger partial charge on any atom is -0.372 e. The molecular formula is C16H27ClO. The van der Waals surface area contributed by atoms with E-state index in [1.165, 1.54) is 64.2 Å². The van der Waals surface area contributed by atoms with Gasteiger partial charge in [-0.25, -0.2) is 0 Å². The summed E-state index contributed by atoms with van der Waals surface area (Å²) in [5.74, 6) is 1.69. The number of rotatable bonds is 4. The van der Waals surface area contributed by atoms with Gasteiger partial charge in [0.2, 0.25) is 0 Å². The Balaban J connectivity index is 1.58. The maximum Gasteiger partial charge on any atom is 0.0687 e. The molecule has 0 aromatic rings. The molecule has 0 aromatic carbocycles. The third-order valence-corrected chi connectivity index (χ3v) is 6.28. The molecule has 1 aliphatic heterocycles. The molecule has 2 aliphatic carbocycles. The molecule has 0 bridgehead atoms. The van der Waals surface area contributed by atoms with Crippen molar-refractivity contribution >= 4 is 11.6 Å². The lowest BCUT2D eigenvalue weighted by atomic mass is 9.80. The van der Waals surface area contributed by atoms with Crippen LogP contribution in [0.4, 0.5) is 0 Å². The van der Waals surface area contributed by atoms with E-state index in [2.05, 4.69) is 6.92 Å². The van der Waals surface area contributed by atoms with Gasteiger partial charge < -0.3 is 4.74 Å². The van der Waals surface area contributed by atoms with Crippen molar-refractivity contribution in [3.63, 3.8) is 0 Å². The average molecular weight is 271 g/mol. The lowest BCUT2D eigenvalue weighted by molar-refractivity contribution is -0.0758. The molecule has 18 heavy (non-hydrogen) atoms. The van der Waals surface area contributed by atoms with E-state index in [-0.39, 0.29) is 5.60 Å². The van der Waals surface area contributed by atoms with Crippen molar-refractivity contribution in [3.05, 3.63) is 0 Å². The molecule has 0 amide bonds. The fourth-order valence-corrected chi connectivity index (χ4v) is 4.56. The predicted octanol–water partition coefficient (Wildman–Crippen LogP) is 4.91. The zero-order valence-corrected chi connectivity index (χ0v) is 12.5. The van der Waals surface area contributed by atoms with Gasteiger partial charge in [-0.05, 0) is 56.3 Å². The van der Waals surface area contributed by atoms with Gasteiger partial charge in [-0.2, -0.15) is 0 Å². The van der Waals surface area contributed by atoms with Crippen molar-refractivity contribution in [1.82, 2.24) is 0 Å². The molecule has 3 rings (SSSR count). The Morgan fingerprint density at radius 3 is 2.44 bits per heavy atom. The summed E-state index contributed by atoms with van der Waals surface area (Å²) in [5, 5.41) is 0. The number of ether oxygens (including phenoxy) is 1. The van der Waals surface area contributed by atoms with Crippen molar-refractivity contribution in [2.24, 2.45) is 11.3 Å². The molecule has 2 heteroatoms. The van der Waals surface area contributed by atoms with Crippen LogP contribution in [-0.4, -0.2) is 17.6 Å². The van der Waals surface area contributed by atoms with Gasteiger partial charge in [-0.3, -0.25) is 0 Å².